The first-order valence-electron chi connectivity index (χ1n) is 4.84. The van der Waals surface area contributed by atoms with Gasteiger partial charge in [0, 0.05) is 10.7 Å². The van der Waals surface area contributed by atoms with Crippen LogP contribution in [0.1, 0.15) is 10.4 Å². The summed E-state index contributed by atoms with van der Waals surface area (Å²) >= 11 is 9.03. The van der Waals surface area contributed by atoms with E-state index in [1.807, 2.05) is 12.1 Å². The Morgan fingerprint density at radius 2 is 1.94 bits per heavy atom. The van der Waals surface area contributed by atoms with Crippen LogP contribution in [0.3, 0.4) is 0 Å². The summed E-state index contributed by atoms with van der Waals surface area (Å²) in [6.45, 7) is 0. The fraction of sp³-hybridized carbons (Fsp3) is 0. The number of benzene rings is 1. The lowest BCUT2D eigenvalue weighted by Crippen LogP contribution is -2.13. The molecular formula is C12H9BrCl2N2O. The number of carbonyl (C=O) groups excluding carboxylic acids is 1. The molecule has 0 aliphatic heterocycles. The van der Waals surface area contributed by atoms with Crippen LogP contribution in [0, 0.1) is 0 Å². The number of rotatable bonds is 2. The van der Waals surface area contributed by atoms with Crippen molar-refractivity contribution in [2.45, 2.75) is 0 Å². The molecule has 0 bridgehead atoms. The molecule has 1 N–H and O–H groups in total. The Labute approximate surface area is 124 Å². The van der Waals surface area contributed by atoms with Gasteiger partial charge in [0.25, 0.3) is 5.91 Å². The largest absolute Gasteiger partial charge is 0.307 e. The molecule has 1 amide bonds. The van der Waals surface area contributed by atoms with Crippen molar-refractivity contribution in [3.63, 3.8) is 0 Å². The van der Waals surface area contributed by atoms with E-state index in [2.05, 4.69) is 26.2 Å². The number of pyridine rings is 1. The molecule has 0 radical (unpaired) electrons. The first-order valence-corrected chi connectivity index (χ1v) is 6.01. The molecule has 0 atom stereocenters. The number of halogens is 3. The van der Waals surface area contributed by atoms with Gasteiger partial charge in [-0.05, 0) is 40.2 Å². The lowest BCUT2D eigenvalue weighted by Gasteiger charge is -2.05. The van der Waals surface area contributed by atoms with Crippen LogP contribution in [0.5, 0.6) is 0 Å². The minimum atomic E-state index is -0.215. The van der Waals surface area contributed by atoms with E-state index < -0.39 is 0 Å². The quantitative estimate of drug-likeness (QED) is 0.885. The zero-order chi connectivity index (χ0) is 12.3. The highest BCUT2D eigenvalue weighted by atomic mass is 79.9. The average molecular weight is 348 g/mol. The second-order valence-electron chi connectivity index (χ2n) is 3.30. The normalized spacial score (nSPS) is 9.44. The van der Waals surface area contributed by atoms with Crippen molar-refractivity contribution >= 4 is 51.7 Å². The third-order valence-corrected chi connectivity index (χ3v) is 3.00. The number of amides is 1. The molecule has 1 aromatic carbocycles. The molecule has 0 spiro atoms. The first kappa shape index (κ1) is 15.0. The van der Waals surface area contributed by atoms with Gasteiger partial charge in [-0.1, -0.05) is 23.7 Å². The molecule has 0 unspecified atom stereocenters. The molecule has 18 heavy (non-hydrogen) atoms. The molecule has 0 fully saturated rings. The monoisotopic (exact) mass is 346 g/mol. The molecule has 0 aliphatic rings. The SMILES string of the molecule is Cl.O=C(Nc1ccc(Cl)cn1)c1ccccc1Br. The van der Waals surface area contributed by atoms with Gasteiger partial charge in [-0.2, -0.15) is 0 Å². The van der Waals surface area contributed by atoms with Crippen molar-refractivity contribution in [2.75, 3.05) is 5.32 Å². The van der Waals surface area contributed by atoms with Crippen LogP contribution >= 0.6 is 39.9 Å². The van der Waals surface area contributed by atoms with Crippen LogP contribution in [-0.2, 0) is 0 Å². The summed E-state index contributed by atoms with van der Waals surface area (Å²) < 4.78 is 0.742. The molecule has 2 aromatic rings. The maximum absolute atomic E-state index is 11.9. The summed E-state index contributed by atoms with van der Waals surface area (Å²) in [5.41, 5.74) is 0.559. The van der Waals surface area contributed by atoms with Crippen molar-refractivity contribution in [2.24, 2.45) is 0 Å². The van der Waals surface area contributed by atoms with Gasteiger partial charge in [0.1, 0.15) is 5.82 Å². The van der Waals surface area contributed by atoms with Crippen LogP contribution in [0.15, 0.2) is 47.1 Å². The summed E-state index contributed by atoms with van der Waals surface area (Å²) in [7, 11) is 0. The van der Waals surface area contributed by atoms with Gasteiger partial charge in [0.05, 0.1) is 10.6 Å². The summed E-state index contributed by atoms with van der Waals surface area (Å²) in [5.74, 6) is 0.252. The fourth-order valence-corrected chi connectivity index (χ4v) is 1.86. The Morgan fingerprint density at radius 1 is 1.22 bits per heavy atom. The van der Waals surface area contributed by atoms with E-state index >= 15 is 0 Å². The summed E-state index contributed by atoms with van der Waals surface area (Å²) in [6.07, 6.45) is 1.48. The minimum absolute atomic E-state index is 0. The Hall–Kier alpha value is -1.10. The molecule has 0 aliphatic carbocycles. The summed E-state index contributed by atoms with van der Waals surface area (Å²) in [6, 6.07) is 10.5. The maximum atomic E-state index is 11.9. The van der Waals surface area contributed by atoms with E-state index in [0.29, 0.717) is 16.4 Å². The molecule has 2 rings (SSSR count). The Kier molecular flexibility index (Phi) is 5.59. The molecule has 3 nitrogen and oxygen atoms in total. The predicted molar refractivity (Wildman–Crippen MR) is 78.6 cm³/mol. The molecule has 94 valence electrons. The average Bonchev–Trinajstić information content (AvgIpc) is 2.32. The van der Waals surface area contributed by atoms with Gasteiger partial charge < -0.3 is 5.32 Å². The lowest BCUT2D eigenvalue weighted by molar-refractivity contribution is 0.102. The van der Waals surface area contributed by atoms with E-state index in [4.69, 9.17) is 11.6 Å². The van der Waals surface area contributed by atoms with E-state index in [9.17, 15) is 4.79 Å². The molecule has 1 aromatic heterocycles. The van der Waals surface area contributed by atoms with E-state index in [-0.39, 0.29) is 18.3 Å². The number of nitrogens with zero attached hydrogens (tertiary/aromatic N) is 1. The van der Waals surface area contributed by atoms with E-state index in [1.165, 1.54) is 6.20 Å². The number of aromatic nitrogens is 1. The molecular weight excluding hydrogens is 339 g/mol. The highest BCUT2D eigenvalue weighted by Crippen LogP contribution is 2.17. The van der Waals surface area contributed by atoms with Gasteiger partial charge in [0.15, 0.2) is 0 Å². The molecule has 0 saturated carbocycles. The van der Waals surface area contributed by atoms with Gasteiger partial charge in [0.2, 0.25) is 0 Å². The smallest absolute Gasteiger partial charge is 0.257 e. The fourth-order valence-electron chi connectivity index (χ4n) is 1.28. The van der Waals surface area contributed by atoms with Crippen molar-refractivity contribution < 1.29 is 4.79 Å². The predicted octanol–water partition coefficient (Wildman–Crippen LogP) is 4.17. The van der Waals surface area contributed by atoms with Gasteiger partial charge in [-0.15, -0.1) is 12.4 Å². The minimum Gasteiger partial charge on any atom is -0.307 e. The Bertz CT molecular complexity index is 546. The second kappa shape index (κ2) is 6.73. The third-order valence-electron chi connectivity index (χ3n) is 2.09. The maximum Gasteiger partial charge on any atom is 0.257 e. The first-order chi connectivity index (χ1) is 8.16. The second-order valence-corrected chi connectivity index (χ2v) is 4.59. The molecule has 0 saturated heterocycles. The Morgan fingerprint density at radius 3 is 2.56 bits per heavy atom. The molecule has 1 heterocycles. The summed E-state index contributed by atoms with van der Waals surface area (Å²) in [4.78, 5) is 15.9. The Balaban J connectivity index is 0.00000162. The van der Waals surface area contributed by atoms with Crippen LogP contribution in [0.4, 0.5) is 5.82 Å². The lowest BCUT2D eigenvalue weighted by atomic mass is 10.2. The number of hydrogen-bond acceptors (Lipinski definition) is 2. The van der Waals surface area contributed by atoms with Gasteiger partial charge >= 0.3 is 0 Å². The number of nitrogens with one attached hydrogen (secondary N) is 1. The topological polar surface area (TPSA) is 42.0 Å². The number of hydrogen-bond donors (Lipinski definition) is 1. The van der Waals surface area contributed by atoms with E-state index in [0.717, 1.165) is 4.47 Å². The van der Waals surface area contributed by atoms with Crippen LogP contribution in [0.2, 0.25) is 5.02 Å². The standard InChI is InChI=1S/C12H8BrClN2O.ClH/c13-10-4-2-1-3-9(10)12(17)16-11-6-5-8(14)7-15-11;/h1-7H,(H,15,16,17);1H. The third kappa shape index (κ3) is 3.70. The number of carbonyl (C=O) groups is 1. The zero-order valence-electron chi connectivity index (χ0n) is 9.06. The van der Waals surface area contributed by atoms with Crippen LogP contribution < -0.4 is 5.32 Å². The van der Waals surface area contributed by atoms with Crippen molar-refractivity contribution in [3.8, 4) is 0 Å². The zero-order valence-corrected chi connectivity index (χ0v) is 12.2. The van der Waals surface area contributed by atoms with Gasteiger partial charge in [-0.3, -0.25) is 4.79 Å². The van der Waals surface area contributed by atoms with Gasteiger partial charge in [-0.25, -0.2) is 4.98 Å². The van der Waals surface area contributed by atoms with Crippen LogP contribution in [-0.4, -0.2) is 10.9 Å². The molecule has 6 heteroatoms. The van der Waals surface area contributed by atoms with Crippen molar-refractivity contribution in [1.82, 2.24) is 4.98 Å². The van der Waals surface area contributed by atoms with Crippen molar-refractivity contribution in [3.05, 3.63) is 57.7 Å². The van der Waals surface area contributed by atoms with E-state index in [1.54, 1.807) is 24.3 Å². The van der Waals surface area contributed by atoms with Crippen LogP contribution in [0.25, 0.3) is 0 Å². The highest BCUT2D eigenvalue weighted by Gasteiger charge is 2.09. The number of anilines is 1. The summed E-state index contributed by atoms with van der Waals surface area (Å²) in [5, 5.41) is 3.22. The highest BCUT2D eigenvalue weighted by molar-refractivity contribution is 9.10. The van der Waals surface area contributed by atoms with Crippen molar-refractivity contribution in [1.29, 1.82) is 0 Å².